The lowest BCUT2D eigenvalue weighted by atomic mass is 9.82. The van der Waals surface area contributed by atoms with E-state index in [2.05, 4.69) is 0 Å². The van der Waals surface area contributed by atoms with Crippen LogP contribution in [0.25, 0.3) is 6.08 Å². The summed E-state index contributed by atoms with van der Waals surface area (Å²) in [5, 5.41) is 0. The third kappa shape index (κ3) is 4.53. The van der Waals surface area contributed by atoms with Crippen LogP contribution < -0.4 is 23.7 Å². The van der Waals surface area contributed by atoms with Gasteiger partial charge in [-0.1, -0.05) is 0 Å². The topological polar surface area (TPSA) is 83.5 Å². The highest BCUT2D eigenvalue weighted by atomic mass is 16.5. The number of hydrogen-bond acceptors (Lipinski definition) is 7. The molecule has 1 spiro atoms. The van der Waals surface area contributed by atoms with Gasteiger partial charge in [-0.15, -0.1) is 0 Å². The highest BCUT2D eigenvalue weighted by molar-refractivity contribution is 6.03. The third-order valence-corrected chi connectivity index (χ3v) is 6.41. The van der Waals surface area contributed by atoms with Crippen LogP contribution in [-0.2, 0) is 4.79 Å². The number of carbonyl (C=O) groups is 2. The quantitative estimate of drug-likeness (QED) is 0.598. The predicted molar refractivity (Wildman–Crippen MR) is 126 cm³/mol. The van der Waals surface area contributed by atoms with Crippen molar-refractivity contribution < 1.29 is 33.3 Å². The number of benzene rings is 2. The molecule has 0 atom stereocenters. The molecule has 0 aromatic heterocycles. The fourth-order valence-corrected chi connectivity index (χ4v) is 4.50. The normalized spacial score (nSPS) is 16.7. The molecule has 2 aromatic rings. The zero-order valence-electron chi connectivity index (χ0n) is 19.9. The van der Waals surface area contributed by atoms with E-state index in [-0.39, 0.29) is 18.1 Å². The van der Waals surface area contributed by atoms with Crippen molar-refractivity contribution in [1.29, 1.82) is 0 Å². The van der Waals surface area contributed by atoms with Crippen molar-refractivity contribution in [3.8, 4) is 28.7 Å². The van der Waals surface area contributed by atoms with Crippen molar-refractivity contribution in [2.75, 3.05) is 41.5 Å². The van der Waals surface area contributed by atoms with Gasteiger partial charge in [0.15, 0.2) is 5.78 Å². The Morgan fingerprint density at radius 3 is 2.29 bits per heavy atom. The fraction of sp³-hybridized carbons (Fsp3) is 0.385. The number of rotatable bonds is 6. The van der Waals surface area contributed by atoms with Gasteiger partial charge in [0.05, 0.1) is 34.9 Å². The van der Waals surface area contributed by atoms with Gasteiger partial charge in [0.25, 0.3) is 0 Å². The first kappa shape index (κ1) is 23.5. The Morgan fingerprint density at radius 2 is 1.65 bits per heavy atom. The van der Waals surface area contributed by atoms with Crippen LogP contribution in [0.3, 0.4) is 0 Å². The average molecular weight is 468 g/mol. The van der Waals surface area contributed by atoms with Crippen molar-refractivity contribution in [1.82, 2.24) is 4.90 Å². The second kappa shape index (κ2) is 9.67. The van der Waals surface area contributed by atoms with Crippen LogP contribution in [0.5, 0.6) is 28.7 Å². The Morgan fingerprint density at radius 1 is 0.941 bits per heavy atom. The summed E-state index contributed by atoms with van der Waals surface area (Å²) in [6.45, 7) is 0.976. The first-order valence-electron chi connectivity index (χ1n) is 11.1. The maximum Gasteiger partial charge on any atom is 0.246 e. The molecule has 1 fully saturated rings. The number of hydrogen-bond donors (Lipinski definition) is 0. The molecular formula is C26H29NO7. The Hall–Kier alpha value is -3.68. The summed E-state index contributed by atoms with van der Waals surface area (Å²) in [6.07, 6.45) is 4.62. The first-order valence-corrected chi connectivity index (χ1v) is 11.1. The molecule has 0 unspecified atom stereocenters. The number of nitrogens with zero attached hydrogens (tertiary/aromatic N) is 1. The van der Waals surface area contributed by atoms with E-state index in [0.717, 1.165) is 5.56 Å². The van der Waals surface area contributed by atoms with Gasteiger partial charge in [-0.2, -0.15) is 0 Å². The van der Waals surface area contributed by atoms with E-state index >= 15 is 0 Å². The van der Waals surface area contributed by atoms with Crippen LogP contribution in [-0.4, -0.2) is 63.7 Å². The van der Waals surface area contributed by atoms with Crippen LogP contribution in [0.1, 0.15) is 35.2 Å². The highest BCUT2D eigenvalue weighted by Gasteiger charge is 2.44. The molecule has 1 saturated heterocycles. The Kier molecular flexibility index (Phi) is 6.68. The number of ether oxygens (including phenoxy) is 5. The van der Waals surface area contributed by atoms with Crippen LogP contribution >= 0.6 is 0 Å². The zero-order valence-corrected chi connectivity index (χ0v) is 19.9. The average Bonchev–Trinajstić information content (AvgIpc) is 2.86. The summed E-state index contributed by atoms with van der Waals surface area (Å²) in [5.74, 6) is 2.68. The number of amides is 1. The van der Waals surface area contributed by atoms with Gasteiger partial charge >= 0.3 is 0 Å². The van der Waals surface area contributed by atoms with E-state index < -0.39 is 5.60 Å². The largest absolute Gasteiger partial charge is 0.497 e. The van der Waals surface area contributed by atoms with Crippen molar-refractivity contribution in [3.05, 3.63) is 47.5 Å². The number of ketones is 1. The van der Waals surface area contributed by atoms with Gasteiger partial charge in [-0.05, 0) is 24.3 Å². The molecule has 180 valence electrons. The fourth-order valence-electron chi connectivity index (χ4n) is 4.50. The summed E-state index contributed by atoms with van der Waals surface area (Å²) in [5.41, 5.74) is 0.560. The molecule has 0 N–H and O–H groups in total. The first-order chi connectivity index (χ1) is 16.4. The number of Topliss-reactive ketones (excluding diaryl/α,β-unsaturated/α-hetero) is 1. The number of methoxy groups -OCH3 is 4. The van der Waals surface area contributed by atoms with E-state index in [1.807, 2.05) is 6.07 Å². The summed E-state index contributed by atoms with van der Waals surface area (Å²) < 4.78 is 27.7. The number of likely N-dealkylation sites (tertiary alicyclic amines) is 1. The molecule has 0 radical (unpaired) electrons. The minimum atomic E-state index is -0.641. The predicted octanol–water partition coefficient (Wildman–Crippen LogP) is 3.76. The Balaban J connectivity index is 1.46. The van der Waals surface area contributed by atoms with Crippen molar-refractivity contribution in [2.45, 2.75) is 24.9 Å². The lowest BCUT2D eigenvalue weighted by Crippen LogP contribution is -2.52. The smallest absolute Gasteiger partial charge is 0.246 e. The van der Waals surface area contributed by atoms with Crippen molar-refractivity contribution in [3.63, 3.8) is 0 Å². The van der Waals surface area contributed by atoms with Gasteiger partial charge in [0.1, 0.15) is 39.9 Å². The number of piperidine rings is 1. The number of fused-ring (bicyclic) bond motifs is 1. The zero-order chi connectivity index (χ0) is 24.3. The molecule has 2 aliphatic rings. The highest BCUT2D eigenvalue weighted by Crippen LogP contribution is 2.44. The van der Waals surface area contributed by atoms with Crippen LogP contribution in [0.15, 0.2) is 36.4 Å². The molecule has 8 heteroatoms. The summed E-state index contributed by atoms with van der Waals surface area (Å²) in [6, 6.07) is 8.82. The van der Waals surface area contributed by atoms with E-state index in [9.17, 15) is 9.59 Å². The molecule has 0 aliphatic carbocycles. The molecule has 2 aromatic carbocycles. The standard InChI is InChI=1S/C26H29NO7/c1-30-18-6-7-21(32-3)17(13-18)5-8-24(29)27-11-9-26(10-12-27)16-20(28)25-22(33-4)14-19(31-2)15-23(25)34-26/h5-8,13-15H,9-12,16H2,1-4H3/b8-5+. The lowest BCUT2D eigenvalue weighted by Gasteiger charge is -2.44. The maximum atomic E-state index is 13.0. The molecule has 1 amide bonds. The summed E-state index contributed by atoms with van der Waals surface area (Å²) in [4.78, 5) is 27.6. The van der Waals surface area contributed by atoms with Gasteiger partial charge in [-0.25, -0.2) is 0 Å². The SMILES string of the molecule is COc1ccc(OC)c(/C=C/C(=O)N2CCC3(CC2)CC(=O)c2c(OC)cc(OC)cc2O3)c1. The minimum Gasteiger partial charge on any atom is -0.497 e. The van der Waals surface area contributed by atoms with Gasteiger partial charge in [0.2, 0.25) is 5.91 Å². The molecule has 4 rings (SSSR count). The van der Waals surface area contributed by atoms with Crippen LogP contribution in [0.4, 0.5) is 0 Å². The van der Waals surface area contributed by atoms with E-state index in [4.69, 9.17) is 23.7 Å². The molecule has 0 bridgehead atoms. The summed E-state index contributed by atoms with van der Waals surface area (Å²) >= 11 is 0. The molecule has 8 nitrogen and oxygen atoms in total. The van der Waals surface area contributed by atoms with Crippen LogP contribution in [0.2, 0.25) is 0 Å². The van der Waals surface area contributed by atoms with E-state index in [1.165, 1.54) is 13.2 Å². The second-order valence-electron chi connectivity index (χ2n) is 8.35. The van der Waals surface area contributed by atoms with Crippen molar-refractivity contribution in [2.24, 2.45) is 0 Å². The Labute approximate surface area is 199 Å². The number of carbonyl (C=O) groups excluding carboxylic acids is 2. The molecule has 34 heavy (non-hydrogen) atoms. The lowest BCUT2D eigenvalue weighted by molar-refractivity contribution is -0.129. The van der Waals surface area contributed by atoms with Crippen molar-refractivity contribution >= 4 is 17.8 Å². The maximum absolute atomic E-state index is 13.0. The molecular weight excluding hydrogens is 438 g/mol. The van der Waals surface area contributed by atoms with Gasteiger partial charge < -0.3 is 28.6 Å². The Bertz CT molecular complexity index is 1120. The summed E-state index contributed by atoms with van der Waals surface area (Å²) in [7, 11) is 6.25. The molecule has 0 saturated carbocycles. The van der Waals surface area contributed by atoms with Crippen LogP contribution in [0, 0.1) is 0 Å². The minimum absolute atomic E-state index is 0.0226. The monoisotopic (exact) mass is 467 g/mol. The van der Waals surface area contributed by atoms with E-state index in [1.54, 1.807) is 56.6 Å². The molecule has 2 heterocycles. The second-order valence-corrected chi connectivity index (χ2v) is 8.35. The van der Waals surface area contributed by atoms with E-state index in [0.29, 0.717) is 60.2 Å². The third-order valence-electron chi connectivity index (χ3n) is 6.41. The molecule has 2 aliphatic heterocycles. The van der Waals surface area contributed by atoms with Gasteiger partial charge in [0, 0.05) is 49.7 Å². The van der Waals surface area contributed by atoms with Gasteiger partial charge in [-0.3, -0.25) is 9.59 Å².